The summed E-state index contributed by atoms with van der Waals surface area (Å²) < 4.78 is 59.4. The lowest BCUT2D eigenvalue weighted by atomic mass is 10.0. The highest BCUT2D eigenvalue weighted by molar-refractivity contribution is 5.75. The minimum absolute atomic E-state index is 0.0270. The van der Waals surface area contributed by atoms with Crippen molar-refractivity contribution in [1.82, 2.24) is 0 Å². The van der Waals surface area contributed by atoms with Gasteiger partial charge in [0.15, 0.2) is 17.6 Å². The lowest BCUT2D eigenvalue weighted by Crippen LogP contribution is -2.33. The molecule has 2 aromatic carbocycles. The van der Waals surface area contributed by atoms with Crippen LogP contribution in [-0.4, -0.2) is 37.5 Å². The van der Waals surface area contributed by atoms with Crippen LogP contribution in [0.5, 0.6) is 11.5 Å². The summed E-state index contributed by atoms with van der Waals surface area (Å²) in [4.78, 5) is 12.1. The van der Waals surface area contributed by atoms with Crippen LogP contribution in [0, 0.1) is 0 Å². The molecule has 2 atom stereocenters. The molecule has 0 aliphatic rings. The number of carbonyl (C=O) groups is 1. The molecule has 0 bridgehead atoms. The Kier molecular flexibility index (Phi) is 8.70. The van der Waals surface area contributed by atoms with Crippen molar-refractivity contribution in [2.24, 2.45) is 0 Å². The number of ether oxygens (including phenoxy) is 4. The van der Waals surface area contributed by atoms with Gasteiger partial charge in [-0.15, -0.1) is 0 Å². The summed E-state index contributed by atoms with van der Waals surface area (Å²) in [5.41, 5.74) is 0.0920. The number of halogens is 3. The number of hydrogen-bond donors (Lipinski definition) is 1. The fourth-order valence-corrected chi connectivity index (χ4v) is 2.81. The number of methoxy groups -OCH3 is 1. The van der Waals surface area contributed by atoms with E-state index in [1.807, 2.05) is 0 Å². The van der Waals surface area contributed by atoms with Gasteiger partial charge in [0.1, 0.15) is 12.7 Å². The highest BCUT2D eigenvalue weighted by atomic mass is 19.4. The first-order valence-corrected chi connectivity index (χ1v) is 9.64. The Hall–Kier alpha value is -2.78. The Bertz CT molecular complexity index is 851. The van der Waals surface area contributed by atoms with Crippen LogP contribution in [0.1, 0.15) is 36.6 Å². The van der Waals surface area contributed by atoms with E-state index in [4.69, 9.17) is 18.9 Å². The maximum absolute atomic E-state index is 12.7. The predicted octanol–water partition coefficient (Wildman–Crippen LogP) is 4.29. The van der Waals surface area contributed by atoms with Crippen molar-refractivity contribution in [3.8, 4) is 11.5 Å². The normalized spacial score (nSPS) is 13.4. The van der Waals surface area contributed by atoms with Gasteiger partial charge < -0.3 is 24.1 Å². The molecule has 9 heteroatoms. The van der Waals surface area contributed by atoms with Gasteiger partial charge in [0, 0.05) is 6.61 Å². The highest BCUT2D eigenvalue weighted by Gasteiger charge is 2.31. The van der Waals surface area contributed by atoms with Crippen molar-refractivity contribution < 1.29 is 42.0 Å². The van der Waals surface area contributed by atoms with Crippen LogP contribution in [0.4, 0.5) is 13.2 Å². The Morgan fingerprint density at radius 1 is 1.03 bits per heavy atom. The summed E-state index contributed by atoms with van der Waals surface area (Å²) in [6, 6.07) is 9.18. The monoisotopic (exact) mass is 442 g/mol. The Labute approximate surface area is 178 Å². The molecular formula is C22H25F3O6. The summed E-state index contributed by atoms with van der Waals surface area (Å²) in [7, 11) is 1.43. The SMILES string of the molecule is CCOC(=O)C(OCC)C(O)c1ccc(OC)c(OCc2ccc(C(F)(F)F)cc2)c1. The Balaban J connectivity index is 2.20. The zero-order valence-electron chi connectivity index (χ0n) is 17.4. The van der Waals surface area contributed by atoms with Crippen LogP contribution >= 0.6 is 0 Å². The molecule has 2 unspecified atom stereocenters. The van der Waals surface area contributed by atoms with Crippen molar-refractivity contribution in [1.29, 1.82) is 0 Å². The maximum Gasteiger partial charge on any atom is 0.416 e. The molecule has 0 aliphatic heterocycles. The second-order valence-electron chi connectivity index (χ2n) is 6.47. The Morgan fingerprint density at radius 2 is 1.71 bits per heavy atom. The molecule has 6 nitrogen and oxygen atoms in total. The Morgan fingerprint density at radius 3 is 2.26 bits per heavy atom. The molecule has 0 heterocycles. The summed E-state index contributed by atoms with van der Waals surface area (Å²) >= 11 is 0. The first-order valence-electron chi connectivity index (χ1n) is 9.64. The summed E-state index contributed by atoms with van der Waals surface area (Å²) in [5.74, 6) is -0.0927. The lowest BCUT2D eigenvalue weighted by molar-refractivity contribution is -0.164. The van der Waals surface area contributed by atoms with Crippen molar-refractivity contribution >= 4 is 5.97 Å². The molecule has 0 aliphatic carbocycles. The van der Waals surface area contributed by atoms with E-state index >= 15 is 0 Å². The van der Waals surface area contributed by atoms with E-state index in [9.17, 15) is 23.1 Å². The number of hydrogen-bond acceptors (Lipinski definition) is 6. The smallest absolute Gasteiger partial charge is 0.416 e. The number of aliphatic hydroxyl groups is 1. The number of carbonyl (C=O) groups excluding carboxylic acids is 1. The summed E-state index contributed by atoms with van der Waals surface area (Å²) in [6.07, 6.45) is -6.96. The van der Waals surface area contributed by atoms with Crippen LogP contribution in [0.3, 0.4) is 0 Å². The topological polar surface area (TPSA) is 74.2 Å². The van der Waals surface area contributed by atoms with Crippen LogP contribution in [0.2, 0.25) is 0 Å². The average molecular weight is 442 g/mol. The molecule has 2 rings (SSSR count). The molecule has 0 spiro atoms. The zero-order chi connectivity index (χ0) is 23.0. The van der Waals surface area contributed by atoms with E-state index in [-0.39, 0.29) is 25.6 Å². The molecule has 0 amide bonds. The molecule has 0 radical (unpaired) electrons. The third-order valence-electron chi connectivity index (χ3n) is 4.36. The van der Waals surface area contributed by atoms with Gasteiger partial charge in [0.05, 0.1) is 19.3 Å². The van der Waals surface area contributed by atoms with Gasteiger partial charge in [0.25, 0.3) is 0 Å². The molecule has 170 valence electrons. The van der Waals surface area contributed by atoms with E-state index in [1.165, 1.54) is 25.3 Å². The summed E-state index contributed by atoms with van der Waals surface area (Å²) in [6.45, 7) is 3.63. The molecule has 31 heavy (non-hydrogen) atoms. The second kappa shape index (κ2) is 11.0. The quantitative estimate of drug-likeness (QED) is 0.554. The van der Waals surface area contributed by atoms with E-state index in [2.05, 4.69) is 0 Å². The number of esters is 1. The molecular weight excluding hydrogens is 417 g/mol. The molecule has 0 aromatic heterocycles. The molecule has 2 aromatic rings. The van der Waals surface area contributed by atoms with Gasteiger partial charge in [-0.05, 0) is 49.2 Å². The minimum atomic E-state index is -4.41. The fraction of sp³-hybridized carbons (Fsp3) is 0.409. The second-order valence-corrected chi connectivity index (χ2v) is 6.47. The number of alkyl halides is 3. The van der Waals surface area contributed by atoms with Crippen LogP contribution < -0.4 is 9.47 Å². The maximum atomic E-state index is 12.7. The molecule has 0 saturated carbocycles. The van der Waals surface area contributed by atoms with Crippen molar-refractivity contribution in [3.63, 3.8) is 0 Å². The first-order chi connectivity index (χ1) is 14.7. The van der Waals surface area contributed by atoms with Crippen LogP contribution in [0.25, 0.3) is 0 Å². The van der Waals surface area contributed by atoms with E-state index in [0.29, 0.717) is 16.9 Å². The average Bonchev–Trinajstić information content (AvgIpc) is 2.75. The van der Waals surface area contributed by atoms with Crippen LogP contribution in [-0.2, 0) is 27.1 Å². The fourth-order valence-electron chi connectivity index (χ4n) is 2.81. The first kappa shape index (κ1) is 24.5. The third-order valence-corrected chi connectivity index (χ3v) is 4.36. The number of rotatable bonds is 10. The van der Waals surface area contributed by atoms with Gasteiger partial charge in [-0.25, -0.2) is 4.79 Å². The van der Waals surface area contributed by atoms with Crippen molar-refractivity contribution in [2.75, 3.05) is 20.3 Å². The number of benzene rings is 2. The van der Waals surface area contributed by atoms with Crippen molar-refractivity contribution in [2.45, 2.75) is 38.8 Å². The standard InChI is InChI=1S/C22H25F3O6/c1-4-29-20(21(27)30-5-2)19(26)15-8-11-17(28-3)18(12-15)31-13-14-6-9-16(10-7-14)22(23,24)25/h6-12,19-20,26H,4-5,13H2,1-3H3. The van der Waals surface area contributed by atoms with Gasteiger partial charge in [-0.1, -0.05) is 18.2 Å². The van der Waals surface area contributed by atoms with Crippen molar-refractivity contribution in [3.05, 3.63) is 59.2 Å². The van der Waals surface area contributed by atoms with Gasteiger partial charge in [-0.2, -0.15) is 13.2 Å². The third kappa shape index (κ3) is 6.60. The van der Waals surface area contributed by atoms with Gasteiger partial charge >= 0.3 is 12.1 Å². The largest absolute Gasteiger partial charge is 0.493 e. The van der Waals surface area contributed by atoms with E-state index in [1.54, 1.807) is 26.0 Å². The zero-order valence-corrected chi connectivity index (χ0v) is 17.4. The molecule has 0 fully saturated rings. The van der Waals surface area contributed by atoms with Crippen LogP contribution in [0.15, 0.2) is 42.5 Å². The lowest BCUT2D eigenvalue weighted by Gasteiger charge is -2.22. The van der Waals surface area contributed by atoms with E-state index in [0.717, 1.165) is 12.1 Å². The predicted molar refractivity (Wildman–Crippen MR) is 106 cm³/mol. The van der Waals surface area contributed by atoms with E-state index < -0.39 is 29.9 Å². The molecule has 0 saturated heterocycles. The number of aliphatic hydroxyl groups excluding tert-OH is 1. The highest BCUT2D eigenvalue weighted by Crippen LogP contribution is 2.33. The van der Waals surface area contributed by atoms with Gasteiger partial charge in [0.2, 0.25) is 0 Å². The minimum Gasteiger partial charge on any atom is -0.493 e. The summed E-state index contributed by atoms with van der Waals surface area (Å²) in [5, 5.41) is 10.7. The van der Waals surface area contributed by atoms with Gasteiger partial charge in [-0.3, -0.25) is 0 Å². The molecule has 1 N–H and O–H groups in total.